The lowest BCUT2D eigenvalue weighted by atomic mass is 10.0. The van der Waals surface area contributed by atoms with Gasteiger partial charge in [0.05, 0.1) is 12.7 Å². The number of benzene rings is 2. The van der Waals surface area contributed by atoms with Crippen LogP contribution in [-0.4, -0.2) is 48.2 Å². The van der Waals surface area contributed by atoms with Gasteiger partial charge in [-0.25, -0.2) is 9.59 Å². The zero-order chi connectivity index (χ0) is 26.0. The predicted molar refractivity (Wildman–Crippen MR) is 132 cm³/mol. The number of Topliss-reactive ketones (excluding diaryl/α,β-unsaturated/α-hetero) is 1. The maximum atomic E-state index is 12.8. The summed E-state index contributed by atoms with van der Waals surface area (Å²) in [5.41, 5.74) is 3.91. The molecule has 3 aromatic rings. The van der Waals surface area contributed by atoms with Gasteiger partial charge in [-0.05, 0) is 64.1 Å². The molecule has 2 heterocycles. The second-order valence-electron chi connectivity index (χ2n) is 9.31. The molecular formula is C28H29NO7. The van der Waals surface area contributed by atoms with Gasteiger partial charge in [0.25, 0.3) is 0 Å². The standard InChI is InChI=1S/C28H29NO7/c1-17-13-22(18(2)29(17)21-11-9-19(10-12-21)27(32)33-5)23(30)15-35-25(31)16-34-24-8-6-7-20-14-28(3,4)36-26(20)24/h6-13H,14-16H2,1-5H3. The van der Waals surface area contributed by atoms with E-state index in [9.17, 15) is 14.4 Å². The van der Waals surface area contributed by atoms with Gasteiger partial charge in [0.2, 0.25) is 5.78 Å². The number of ether oxygens (including phenoxy) is 4. The van der Waals surface area contributed by atoms with Crippen molar-refractivity contribution in [2.75, 3.05) is 20.3 Å². The molecule has 0 spiro atoms. The van der Waals surface area contributed by atoms with E-state index in [1.165, 1.54) is 7.11 Å². The molecule has 2 aromatic carbocycles. The summed E-state index contributed by atoms with van der Waals surface area (Å²) in [5.74, 6) is -0.274. The van der Waals surface area contributed by atoms with Crippen molar-refractivity contribution in [3.8, 4) is 17.2 Å². The van der Waals surface area contributed by atoms with Gasteiger partial charge in [-0.15, -0.1) is 0 Å². The molecule has 0 saturated carbocycles. The van der Waals surface area contributed by atoms with Crippen molar-refractivity contribution in [1.29, 1.82) is 0 Å². The van der Waals surface area contributed by atoms with E-state index in [0.717, 1.165) is 23.4 Å². The molecule has 1 aliphatic rings. The summed E-state index contributed by atoms with van der Waals surface area (Å²) in [6, 6.07) is 14.2. The largest absolute Gasteiger partial charge is 0.483 e. The number of fused-ring (bicyclic) bond motifs is 1. The van der Waals surface area contributed by atoms with Gasteiger partial charge >= 0.3 is 11.9 Å². The van der Waals surface area contributed by atoms with Crippen molar-refractivity contribution in [1.82, 2.24) is 4.57 Å². The summed E-state index contributed by atoms with van der Waals surface area (Å²) < 4.78 is 23.4. The third-order valence-corrected chi connectivity index (χ3v) is 6.04. The lowest BCUT2D eigenvalue weighted by Gasteiger charge is -2.18. The molecule has 0 radical (unpaired) electrons. The van der Waals surface area contributed by atoms with E-state index in [1.807, 2.05) is 44.4 Å². The fraction of sp³-hybridized carbons (Fsp3) is 0.321. The van der Waals surface area contributed by atoms with Crippen LogP contribution in [0.1, 0.15) is 51.5 Å². The van der Waals surface area contributed by atoms with Crippen LogP contribution in [0.4, 0.5) is 0 Å². The summed E-state index contributed by atoms with van der Waals surface area (Å²) in [7, 11) is 1.33. The molecule has 36 heavy (non-hydrogen) atoms. The lowest BCUT2D eigenvalue weighted by molar-refractivity contribution is -0.144. The van der Waals surface area contributed by atoms with Gasteiger partial charge in [-0.1, -0.05) is 12.1 Å². The molecule has 1 aliphatic heterocycles. The van der Waals surface area contributed by atoms with Gasteiger partial charge < -0.3 is 23.5 Å². The number of hydrogen-bond donors (Lipinski definition) is 0. The second-order valence-corrected chi connectivity index (χ2v) is 9.31. The van der Waals surface area contributed by atoms with Crippen LogP contribution in [0, 0.1) is 13.8 Å². The number of carbonyl (C=O) groups excluding carboxylic acids is 3. The Morgan fingerprint density at radius 3 is 2.44 bits per heavy atom. The Labute approximate surface area is 209 Å². The molecule has 8 nitrogen and oxygen atoms in total. The number of carbonyl (C=O) groups is 3. The first-order valence-corrected chi connectivity index (χ1v) is 11.6. The van der Waals surface area contributed by atoms with Crippen LogP contribution in [0.25, 0.3) is 5.69 Å². The molecule has 8 heteroatoms. The molecule has 1 aromatic heterocycles. The van der Waals surface area contributed by atoms with Gasteiger partial charge in [0.1, 0.15) is 5.60 Å². The van der Waals surface area contributed by atoms with E-state index < -0.39 is 18.5 Å². The summed E-state index contributed by atoms with van der Waals surface area (Å²) in [5, 5.41) is 0. The Hall–Kier alpha value is -4.07. The number of methoxy groups -OCH3 is 1. The highest BCUT2D eigenvalue weighted by Crippen LogP contribution is 2.41. The average Bonchev–Trinajstić information content (AvgIpc) is 3.34. The number of aromatic nitrogens is 1. The molecule has 188 valence electrons. The number of aryl methyl sites for hydroxylation is 1. The molecule has 0 amide bonds. The molecule has 0 N–H and O–H groups in total. The van der Waals surface area contributed by atoms with Gasteiger partial charge in [0.15, 0.2) is 24.7 Å². The normalized spacial score (nSPS) is 13.5. The first kappa shape index (κ1) is 25.0. The van der Waals surface area contributed by atoms with E-state index in [0.29, 0.717) is 28.3 Å². The van der Waals surface area contributed by atoms with Gasteiger partial charge in [-0.3, -0.25) is 4.79 Å². The number of hydrogen-bond acceptors (Lipinski definition) is 7. The highest BCUT2D eigenvalue weighted by atomic mass is 16.6. The fourth-order valence-corrected chi connectivity index (χ4v) is 4.41. The van der Waals surface area contributed by atoms with Crippen molar-refractivity contribution in [2.24, 2.45) is 0 Å². The summed E-state index contributed by atoms with van der Waals surface area (Å²) in [6.45, 7) is 6.94. The molecule has 0 unspecified atom stereocenters. The van der Waals surface area contributed by atoms with Crippen LogP contribution in [0.3, 0.4) is 0 Å². The van der Waals surface area contributed by atoms with E-state index in [1.54, 1.807) is 36.4 Å². The maximum Gasteiger partial charge on any atom is 0.344 e. The molecule has 0 atom stereocenters. The van der Waals surface area contributed by atoms with Gasteiger partial charge in [-0.2, -0.15) is 0 Å². The highest BCUT2D eigenvalue weighted by Gasteiger charge is 2.32. The monoisotopic (exact) mass is 491 g/mol. The molecular weight excluding hydrogens is 462 g/mol. The topological polar surface area (TPSA) is 93.1 Å². The summed E-state index contributed by atoms with van der Waals surface area (Å²) >= 11 is 0. The third-order valence-electron chi connectivity index (χ3n) is 6.04. The minimum Gasteiger partial charge on any atom is -0.483 e. The van der Waals surface area contributed by atoms with Crippen LogP contribution in [0.15, 0.2) is 48.5 Å². The van der Waals surface area contributed by atoms with Crippen molar-refractivity contribution < 1.29 is 33.3 Å². The van der Waals surface area contributed by atoms with Gasteiger partial charge in [0, 0.05) is 34.6 Å². The van der Waals surface area contributed by atoms with Crippen LogP contribution in [0.5, 0.6) is 11.5 Å². The number of nitrogens with zero attached hydrogens (tertiary/aromatic N) is 1. The maximum absolute atomic E-state index is 12.8. The molecule has 0 saturated heterocycles. The Kier molecular flexibility index (Phi) is 6.88. The first-order chi connectivity index (χ1) is 17.1. The number of rotatable bonds is 8. The van der Waals surface area contributed by atoms with Crippen molar-refractivity contribution in [2.45, 2.75) is 39.7 Å². The molecule has 4 rings (SSSR count). The zero-order valence-corrected chi connectivity index (χ0v) is 21.0. The smallest absolute Gasteiger partial charge is 0.344 e. The minimum absolute atomic E-state index is 0.320. The number of para-hydroxylation sites is 1. The Bertz CT molecular complexity index is 1320. The van der Waals surface area contributed by atoms with Crippen LogP contribution < -0.4 is 9.47 Å². The average molecular weight is 492 g/mol. The van der Waals surface area contributed by atoms with Crippen molar-refractivity contribution in [3.63, 3.8) is 0 Å². The van der Waals surface area contributed by atoms with E-state index in [-0.39, 0.29) is 18.0 Å². The number of ketones is 1. The molecule has 0 bridgehead atoms. The van der Waals surface area contributed by atoms with Crippen molar-refractivity contribution >= 4 is 17.7 Å². The number of esters is 2. The zero-order valence-electron chi connectivity index (χ0n) is 21.0. The Morgan fingerprint density at radius 2 is 1.75 bits per heavy atom. The quantitative estimate of drug-likeness (QED) is 0.341. The summed E-state index contributed by atoms with van der Waals surface area (Å²) in [4.78, 5) is 36.8. The van der Waals surface area contributed by atoms with E-state index in [4.69, 9.17) is 18.9 Å². The SMILES string of the molecule is COC(=O)c1ccc(-n2c(C)cc(C(=O)COC(=O)COc3cccc4c3OC(C)(C)C4)c2C)cc1. The molecule has 0 aliphatic carbocycles. The third kappa shape index (κ3) is 5.12. The summed E-state index contributed by atoms with van der Waals surface area (Å²) in [6.07, 6.45) is 0.756. The van der Waals surface area contributed by atoms with E-state index >= 15 is 0 Å². The van der Waals surface area contributed by atoms with Crippen LogP contribution in [0.2, 0.25) is 0 Å². The highest BCUT2D eigenvalue weighted by molar-refractivity contribution is 5.99. The predicted octanol–water partition coefficient (Wildman–Crippen LogP) is 4.40. The van der Waals surface area contributed by atoms with E-state index in [2.05, 4.69) is 0 Å². The van der Waals surface area contributed by atoms with Crippen LogP contribution in [-0.2, 0) is 20.7 Å². The van der Waals surface area contributed by atoms with Crippen molar-refractivity contribution in [3.05, 3.63) is 76.6 Å². The molecule has 0 fully saturated rings. The Balaban J connectivity index is 1.37. The minimum atomic E-state index is -0.648. The van der Waals surface area contributed by atoms with Crippen LogP contribution >= 0.6 is 0 Å². The second kappa shape index (κ2) is 9.89. The Morgan fingerprint density at radius 1 is 1.03 bits per heavy atom. The first-order valence-electron chi connectivity index (χ1n) is 11.6. The lowest BCUT2D eigenvalue weighted by Crippen LogP contribution is -2.25. The fourth-order valence-electron chi connectivity index (χ4n) is 4.41.